The Bertz CT molecular complexity index is 1080. The molecule has 3 heterocycles. The zero-order valence-electron chi connectivity index (χ0n) is 16.5. The Kier molecular flexibility index (Phi) is 6.06. The molecule has 2 N–H and O–H groups in total. The van der Waals surface area contributed by atoms with Gasteiger partial charge in [0, 0.05) is 24.3 Å². The predicted molar refractivity (Wildman–Crippen MR) is 120 cm³/mol. The van der Waals surface area contributed by atoms with E-state index in [-0.39, 0.29) is 5.91 Å². The number of hydrogen-bond acceptors (Lipinski definition) is 3. The van der Waals surface area contributed by atoms with E-state index in [1.54, 1.807) is 0 Å². The van der Waals surface area contributed by atoms with Crippen LogP contribution < -0.4 is 5.32 Å². The number of nitrogens with one attached hydrogen (secondary N) is 2. The number of fused-ring (bicyclic) bond motifs is 1. The summed E-state index contributed by atoms with van der Waals surface area (Å²) in [7, 11) is 0. The Morgan fingerprint density at radius 3 is 2.86 bits per heavy atom. The Hall–Kier alpha value is -2.92. The second-order valence-electron chi connectivity index (χ2n) is 7.37. The van der Waals surface area contributed by atoms with Crippen molar-refractivity contribution in [2.24, 2.45) is 0 Å². The van der Waals surface area contributed by atoms with E-state index in [9.17, 15) is 4.79 Å². The van der Waals surface area contributed by atoms with Crippen LogP contribution in [0.3, 0.4) is 0 Å². The number of carbonyl (C=O) groups is 1. The van der Waals surface area contributed by atoms with Gasteiger partial charge in [-0.3, -0.25) is 4.79 Å². The highest BCUT2D eigenvalue weighted by Gasteiger charge is 2.15. The summed E-state index contributed by atoms with van der Waals surface area (Å²) in [6, 6.07) is 16.7. The lowest BCUT2D eigenvalue weighted by Crippen LogP contribution is -2.24. The van der Waals surface area contributed by atoms with E-state index in [0.29, 0.717) is 12.5 Å². The first-order chi connectivity index (χ1) is 14.2. The van der Waals surface area contributed by atoms with Crippen LogP contribution in [0.2, 0.25) is 0 Å². The largest absolute Gasteiger partial charge is 0.351 e. The van der Waals surface area contributed by atoms with Crippen molar-refractivity contribution >= 4 is 28.3 Å². The average Bonchev–Trinajstić information content (AvgIpc) is 3.41. The lowest BCUT2D eigenvalue weighted by molar-refractivity contribution is 0.0956. The smallest absolute Gasteiger partial charge is 0.261 e. The second kappa shape index (κ2) is 9.05. The molecule has 1 unspecified atom stereocenters. The number of thiophene rings is 1. The van der Waals surface area contributed by atoms with Crippen LogP contribution in [-0.4, -0.2) is 22.4 Å². The fourth-order valence-electron chi connectivity index (χ4n) is 3.69. The first-order valence-electron chi connectivity index (χ1n) is 10.0. The molecule has 4 nitrogen and oxygen atoms in total. The highest BCUT2D eigenvalue weighted by molar-refractivity contribution is 7.12. The maximum atomic E-state index is 12.7. The van der Waals surface area contributed by atoms with Gasteiger partial charge in [-0.2, -0.15) is 0 Å². The molecule has 0 aliphatic heterocycles. The van der Waals surface area contributed by atoms with E-state index in [1.807, 2.05) is 36.0 Å². The van der Waals surface area contributed by atoms with Gasteiger partial charge in [-0.05, 0) is 65.4 Å². The molecule has 1 amide bonds. The number of aromatic amines is 1. The van der Waals surface area contributed by atoms with Crippen molar-refractivity contribution in [3.8, 4) is 0 Å². The van der Waals surface area contributed by atoms with Crippen molar-refractivity contribution in [3.05, 3.63) is 87.9 Å². The van der Waals surface area contributed by atoms with Crippen molar-refractivity contribution in [3.63, 3.8) is 0 Å². The molecular weight excluding hydrogens is 378 g/mol. The van der Waals surface area contributed by atoms with E-state index in [4.69, 9.17) is 0 Å². The van der Waals surface area contributed by atoms with Crippen LogP contribution in [0.15, 0.2) is 66.3 Å². The number of hydrogen-bond donors (Lipinski definition) is 2. The molecule has 29 heavy (non-hydrogen) atoms. The Labute approximate surface area is 175 Å². The maximum absolute atomic E-state index is 12.7. The minimum Gasteiger partial charge on any atom is -0.351 e. The number of amides is 1. The third kappa shape index (κ3) is 4.57. The Balaban J connectivity index is 1.33. The lowest BCUT2D eigenvalue weighted by atomic mass is 9.96. The SMILES string of the molecule is CC(CCCNC(=O)c1sccc1Cc1ccnc2[nH]ccc12)c1ccccc1. The zero-order valence-corrected chi connectivity index (χ0v) is 17.3. The van der Waals surface area contributed by atoms with Crippen molar-refractivity contribution < 1.29 is 4.79 Å². The highest BCUT2D eigenvalue weighted by atomic mass is 32.1. The molecule has 4 aromatic rings. The molecule has 0 saturated heterocycles. The van der Waals surface area contributed by atoms with Crippen molar-refractivity contribution in [1.82, 2.24) is 15.3 Å². The van der Waals surface area contributed by atoms with Crippen LogP contribution in [0.1, 0.15) is 52.0 Å². The first kappa shape index (κ1) is 19.4. The van der Waals surface area contributed by atoms with Gasteiger partial charge < -0.3 is 10.3 Å². The molecule has 0 bridgehead atoms. The van der Waals surface area contributed by atoms with Crippen LogP contribution >= 0.6 is 11.3 Å². The highest BCUT2D eigenvalue weighted by Crippen LogP contribution is 2.24. The summed E-state index contributed by atoms with van der Waals surface area (Å²) in [5.74, 6) is 0.530. The summed E-state index contributed by atoms with van der Waals surface area (Å²) in [6.07, 6.45) is 6.47. The van der Waals surface area contributed by atoms with Gasteiger partial charge in [-0.1, -0.05) is 37.3 Å². The lowest BCUT2D eigenvalue weighted by Gasteiger charge is -2.12. The van der Waals surface area contributed by atoms with Gasteiger partial charge in [0.2, 0.25) is 0 Å². The first-order valence-corrected chi connectivity index (χ1v) is 10.9. The molecule has 0 saturated carbocycles. The standard InChI is InChI=1S/C24H25N3OS/c1-17(18-7-3-2-4-8-18)6-5-12-27-24(28)22-20(11-15-29-22)16-19-9-13-25-23-21(19)10-14-26-23/h2-4,7-11,13-15,17H,5-6,12,16H2,1H3,(H,25,26)(H,27,28). The summed E-state index contributed by atoms with van der Waals surface area (Å²) in [4.78, 5) is 21.0. The molecule has 0 radical (unpaired) electrons. The molecule has 0 aliphatic rings. The molecule has 1 atom stereocenters. The van der Waals surface area contributed by atoms with E-state index in [0.717, 1.165) is 40.7 Å². The van der Waals surface area contributed by atoms with Crippen LogP contribution in [0.5, 0.6) is 0 Å². The number of benzene rings is 1. The van der Waals surface area contributed by atoms with Crippen LogP contribution in [0, 0.1) is 0 Å². The summed E-state index contributed by atoms with van der Waals surface area (Å²) in [5.41, 5.74) is 4.49. The molecule has 3 aromatic heterocycles. The molecule has 5 heteroatoms. The molecule has 0 spiro atoms. The third-order valence-corrected chi connectivity index (χ3v) is 6.31. The van der Waals surface area contributed by atoms with E-state index >= 15 is 0 Å². The van der Waals surface area contributed by atoms with Crippen LogP contribution in [0.4, 0.5) is 0 Å². The van der Waals surface area contributed by atoms with Gasteiger partial charge in [-0.25, -0.2) is 4.98 Å². The molecular formula is C24H25N3OS. The average molecular weight is 404 g/mol. The molecule has 4 rings (SSSR count). The summed E-state index contributed by atoms with van der Waals surface area (Å²) in [6.45, 7) is 2.94. The molecule has 1 aromatic carbocycles. The van der Waals surface area contributed by atoms with Gasteiger partial charge in [0.15, 0.2) is 0 Å². The number of rotatable bonds is 8. The topological polar surface area (TPSA) is 57.8 Å². The van der Waals surface area contributed by atoms with Crippen molar-refractivity contribution in [1.29, 1.82) is 0 Å². The molecule has 148 valence electrons. The fraction of sp³-hybridized carbons (Fsp3) is 0.250. The minimum atomic E-state index is 0.0294. The zero-order chi connectivity index (χ0) is 20.1. The number of aromatic nitrogens is 2. The van der Waals surface area contributed by atoms with Gasteiger partial charge in [0.05, 0.1) is 4.88 Å². The minimum absolute atomic E-state index is 0.0294. The summed E-state index contributed by atoms with van der Waals surface area (Å²) >= 11 is 1.51. The van der Waals surface area contributed by atoms with Crippen molar-refractivity contribution in [2.45, 2.75) is 32.1 Å². The van der Waals surface area contributed by atoms with Gasteiger partial charge in [-0.15, -0.1) is 11.3 Å². The van der Waals surface area contributed by atoms with Gasteiger partial charge >= 0.3 is 0 Å². The second-order valence-corrected chi connectivity index (χ2v) is 8.29. The van der Waals surface area contributed by atoms with Crippen LogP contribution in [-0.2, 0) is 6.42 Å². The fourth-order valence-corrected chi connectivity index (χ4v) is 4.53. The van der Waals surface area contributed by atoms with Gasteiger partial charge in [0.1, 0.15) is 5.65 Å². The van der Waals surface area contributed by atoms with Crippen molar-refractivity contribution in [2.75, 3.05) is 6.54 Å². The number of H-pyrrole nitrogens is 1. The van der Waals surface area contributed by atoms with E-state index < -0.39 is 0 Å². The van der Waals surface area contributed by atoms with Crippen LogP contribution in [0.25, 0.3) is 11.0 Å². The Morgan fingerprint density at radius 1 is 1.14 bits per heavy atom. The number of pyridine rings is 1. The summed E-state index contributed by atoms with van der Waals surface area (Å²) in [5, 5.41) is 6.21. The quantitative estimate of drug-likeness (QED) is 0.380. The van der Waals surface area contributed by atoms with E-state index in [2.05, 4.69) is 52.5 Å². The normalized spacial score (nSPS) is 12.2. The summed E-state index contributed by atoms with van der Waals surface area (Å²) < 4.78 is 0. The Morgan fingerprint density at radius 2 is 2.00 bits per heavy atom. The maximum Gasteiger partial charge on any atom is 0.261 e. The monoisotopic (exact) mass is 403 g/mol. The molecule has 0 aliphatic carbocycles. The predicted octanol–water partition coefficient (Wildman–Crippen LogP) is 5.53. The number of nitrogens with zero attached hydrogens (tertiary/aromatic N) is 1. The third-order valence-electron chi connectivity index (χ3n) is 5.35. The molecule has 0 fully saturated rings. The number of carbonyl (C=O) groups excluding carboxylic acids is 1. The van der Waals surface area contributed by atoms with Gasteiger partial charge in [0.25, 0.3) is 5.91 Å². The van der Waals surface area contributed by atoms with E-state index in [1.165, 1.54) is 22.5 Å².